The fourth-order valence-corrected chi connectivity index (χ4v) is 1.72. The average molecular weight is 235 g/mol. The number of halogens is 1. The zero-order chi connectivity index (χ0) is 9.42. The molecule has 0 spiro atoms. The van der Waals surface area contributed by atoms with Gasteiger partial charge in [0.1, 0.15) is 5.69 Å². The number of hydrogen-bond donors (Lipinski definition) is 0. The molecule has 0 aliphatic rings. The summed E-state index contributed by atoms with van der Waals surface area (Å²) in [5.74, 6) is 2.56. The first-order valence-electron chi connectivity index (χ1n) is 3.84. The molecule has 0 atom stereocenters. The fourth-order valence-electron chi connectivity index (χ4n) is 1.29. The van der Waals surface area contributed by atoms with E-state index in [1.165, 1.54) is 0 Å². The number of aryl methyl sites for hydroxylation is 1. The summed E-state index contributed by atoms with van der Waals surface area (Å²) in [7, 11) is 0. The first-order valence-corrected chi connectivity index (χ1v) is 4.63. The van der Waals surface area contributed by atoms with Crippen LogP contribution in [0.15, 0.2) is 22.8 Å². The molecular weight excluding hydrogens is 228 g/mol. The van der Waals surface area contributed by atoms with Crippen LogP contribution < -0.4 is 0 Å². The molecule has 0 fully saturated rings. The minimum Gasteiger partial charge on any atom is -0.302 e. The summed E-state index contributed by atoms with van der Waals surface area (Å²) in [6.07, 6.45) is 7.27. The van der Waals surface area contributed by atoms with Gasteiger partial charge in [-0.3, -0.25) is 0 Å². The van der Waals surface area contributed by atoms with Crippen molar-refractivity contribution < 1.29 is 0 Å². The van der Waals surface area contributed by atoms with Crippen LogP contribution in [0.2, 0.25) is 0 Å². The summed E-state index contributed by atoms with van der Waals surface area (Å²) in [6, 6.07) is 3.90. The lowest BCUT2D eigenvalue weighted by molar-refractivity contribution is 1.10. The molecule has 64 valence electrons. The Bertz CT molecular complexity index is 505. The van der Waals surface area contributed by atoms with Gasteiger partial charge in [-0.2, -0.15) is 0 Å². The second-order valence-corrected chi connectivity index (χ2v) is 3.59. The molecule has 0 aromatic carbocycles. The number of terminal acetylenes is 1. The molecule has 0 radical (unpaired) electrons. The number of nitrogens with zero attached hydrogens (tertiary/aromatic N) is 2. The lowest BCUT2D eigenvalue weighted by atomic mass is 10.3. The molecule has 3 heteroatoms. The van der Waals surface area contributed by atoms with E-state index >= 15 is 0 Å². The predicted molar refractivity (Wildman–Crippen MR) is 55.6 cm³/mol. The van der Waals surface area contributed by atoms with E-state index < -0.39 is 0 Å². The molecule has 0 unspecified atom stereocenters. The Morgan fingerprint density at radius 2 is 2.38 bits per heavy atom. The van der Waals surface area contributed by atoms with Gasteiger partial charge in [-0.15, -0.1) is 6.42 Å². The lowest BCUT2D eigenvalue weighted by Gasteiger charge is -1.95. The lowest BCUT2D eigenvalue weighted by Crippen LogP contribution is -1.86. The van der Waals surface area contributed by atoms with E-state index in [9.17, 15) is 0 Å². The Hall–Kier alpha value is -1.27. The molecular formula is C10H7BrN2. The van der Waals surface area contributed by atoms with Gasteiger partial charge in [0.25, 0.3) is 0 Å². The van der Waals surface area contributed by atoms with E-state index in [1.807, 2.05) is 29.7 Å². The third kappa shape index (κ3) is 1.14. The quantitative estimate of drug-likeness (QED) is 0.641. The molecule has 0 saturated heterocycles. The van der Waals surface area contributed by atoms with Crippen LogP contribution in [0, 0.1) is 19.3 Å². The van der Waals surface area contributed by atoms with Gasteiger partial charge in [0, 0.05) is 6.20 Å². The zero-order valence-electron chi connectivity index (χ0n) is 7.08. The van der Waals surface area contributed by atoms with Crippen molar-refractivity contribution in [1.82, 2.24) is 9.38 Å². The summed E-state index contributed by atoms with van der Waals surface area (Å²) < 4.78 is 2.93. The van der Waals surface area contributed by atoms with E-state index in [1.54, 1.807) is 0 Å². The van der Waals surface area contributed by atoms with Gasteiger partial charge in [-0.1, -0.05) is 0 Å². The average Bonchev–Trinajstić information content (AvgIpc) is 2.45. The number of rotatable bonds is 0. The third-order valence-electron chi connectivity index (χ3n) is 1.98. The van der Waals surface area contributed by atoms with E-state index in [-0.39, 0.29) is 0 Å². The van der Waals surface area contributed by atoms with Crippen molar-refractivity contribution in [3.63, 3.8) is 0 Å². The van der Waals surface area contributed by atoms with E-state index in [0.717, 1.165) is 15.8 Å². The largest absolute Gasteiger partial charge is 0.302 e. The Balaban J connectivity index is 2.94. The SMILES string of the molecule is C#Cc1nc2c(Br)cccn2c1C. The van der Waals surface area contributed by atoms with Crippen LogP contribution >= 0.6 is 15.9 Å². The molecule has 2 heterocycles. The minimum absolute atomic E-state index is 0.701. The van der Waals surface area contributed by atoms with Gasteiger partial charge < -0.3 is 4.40 Å². The standard InChI is InChI=1S/C10H7BrN2/c1-3-9-7(2)13-6-4-5-8(11)10(13)12-9/h1,4-6H,2H3. The maximum atomic E-state index is 5.32. The summed E-state index contributed by atoms with van der Waals surface area (Å²) in [6.45, 7) is 1.96. The van der Waals surface area contributed by atoms with Crippen molar-refractivity contribution in [2.75, 3.05) is 0 Å². The molecule has 0 amide bonds. The van der Waals surface area contributed by atoms with Crippen LogP contribution in [-0.4, -0.2) is 9.38 Å². The highest BCUT2D eigenvalue weighted by Gasteiger charge is 2.07. The summed E-state index contributed by atoms with van der Waals surface area (Å²) in [5, 5.41) is 0. The number of aromatic nitrogens is 2. The smallest absolute Gasteiger partial charge is 0.152 e. The highest BCUT2D eigenvalue weighted by molar-refractivity contribution is 9.10. The highest BCUT2D eigenvalue weighted by Crippen LogP contribution is 2.19. The van der Waals surface area contributed by atoms with Gasteiger partial charge in [0.2, 0.25) is 0 Å². The van der Waals surface area contributed by atoms with Crippen molar-refractivity contribution in [1.29, 1.82) is 0 Å². The zero-order valence-corrected chi connectivity index (χ0v) is 8.67. The molecule has 2 nitrogen and oxygen atoms in total. The molecule has 2 rings (SSSR count). The maximum Gasteiger partial charge on any atom is 0.152 e. The van der Waals surface area contributed by atoms with Crippen molar-refractivity contribution >= 4 is 21.6 Å². The highest BCUT2D eigenvalue weighted by atomic mass is 79.9. The Morgan fingerprint density at radius 1 is 1.62 bits per heavy atom. The minimum atomic E-state index is 0.701. The first kappa shape index (κ1) is 8.33. The van der Waals surface area contributed by atoms with Crippen LogP contribution in [0.3, 0.4) is 0 Å². The number of fused-ring (bicyclic) bond motifs is 1. The molecule has 0 bridgehead atoms. The number of imidazole rings is 1. The van der Waals surface area contributed by atoms with Crippen LogP contribution in [-0.2, 0) is 0 Å². The first-order chi connectivity index (χ1) is 6.24. The molecule has 13 heavy (non-hydrogen) atoms. The number of pyridine rings is 1. The van der Waals surface area contributed by atoms with Gasteiger partial charge in [0.15, 0.2) is 5.65 Å². The topological polar surface area (TPSA) is 17.3 Å². The molecule has 2 aromatic rings. The van der Waals surface area contributed by atoms with Crippen molar-refractivity contribution in [2.24, 2.45) is 0 Å². The van der Waals surface area contributed by atoms with Crippen molar-refractivity contribution in [3.05, 3.63) is 34.2 Å². The van der Waals surface area contributed by atoms with Crippen LogP contribution in [0.25, 0.3) is 5.65 Å². The summed E-state index contributed by atoms with van der Waals surface area (Å²) >= 11 is 3.42. The predicted octanol–water partition coefficient (Wildman–Crippen LogP) is 2.39. The Morgan fingerprint density at radius 3 is 3.00 bits per heavy atom. The maximum absolute atomic E-state index is 5.32. The van der Waals surface area contributed by atoms with Gasteiger partial charge in [-0.25, -0.2) is 4.98 Å². The number of hydrogen-bond acceptors (Lipinski definition) is 1. The molecule has 2 aromatic heterocycles. The van der Waals surface area contributed by atoms with Crippen LogP contribution in [0.5, 0.6) is 0 Å². The summed E-state index contributed by atoms with van der Waals surface area (Å²) in [5.41, 5.74) is 2.57. The van der Waals surface area contributed by atoms with Crippen molar-refractivity contribution in [3.8, 4) is 12.3 Å². The van der Waals surface area contributed by atoms with Gasteiger partial charge in [0.05, 0.1) is 10.2 Å². The van der Waals surface area contributed by atoms with E-state index in [2.05, 4.69) is 26.8 Å². The van der Waals surface area contributed by atoms with E-state index in [4.69, 9.17) is 6.42 Å². The second-order valence-electron chi connectivity index (χ2n) is 2.74. The Labute approximate surface area is 84.7 Å². The van der Waals surface area contributed by atoms with Gasteiger partial charge >= 0.3 is 0 Å². The third-order valence-corrected chi connectivity index (χ3v) is 2.60. The molecule has 0 aliphatic heterocycles. The normalized spacial score (nSPS) is 10.2. The fraction of sp³-hybridized carbons (Fsp3) is 0.100. The molecule has 0 aliphatic carbocycles. The van der Waals surface area contributed by atoms with E-state index in [0.29, 0.717) is 5.69 Å². The Kier molecular flexibility index (Phi) is 1.86. The van der Waals surface area contributed by atoms with Crippen molar-refractivity contribution in [2.45, 2.75) is 6.92 Å². The molecule has 0 saturated carbocycles. The van der Waals surface area contributed by atoms with Crippen LogP contribution in [0.1, 0.15) is 11.4 Å². The second kappa shape index (κ2) is 2.90. The summed E-state index contributed by atoms with van der Waals surface area (Å²) in [4.78, 5) is 4.31. The van der Waals surface area contributed by atoms with Gasteiger partial charge in [-0.05, 0) is 40.9 Å². The van der Waals surface area contributed by atoms with Crippen LogP contribution in [0.4, 0.5) is 0 Å². The molecule has 0 N–H and O–H groups in total. The monoisotopic (exact) mass is 234 g/mol.